The number of esters is 1. The number of pyridine rings is 1. The van der Waals surface area contributed by atoms with Gasteiger partial charge in [-0.15, -0.1) is 0 Å². The molecule has 0 bridgehead atoms. The minimum Gasteiger partial charge on any atom is -0.454 e. The Bertz CT molecular complexity index is 1100. The van der Waals surface area contributed by atoms with E-state index in [4.69, 9.17) is 4.74 Å². The van der Waals surface area contributed by atoms with E-state index in [1.807, 2.05) is 0 Å². The summed E-state index contributed by atoms with van der Waals surface area (Å²) in [5.74, 6) is -1.66. The molecule has 164 valence electrons. The fourth-order valence-corrected chi connectivity index (χ4v) is 3.18. The molecule has 0 atom stereocenters. The number of amides is 1. The first-order chi connectivity index (χ1) is 14.6. The van der Waals surface area contributed by atoms with Crippen molar-refractivity contribution >= 4 is 23.3 Å². The van der Waals surface area contributed by atoms with Crippen LogP contribution in [0.3, 0.4) is 0 Å². The van der Waals surface area contributed by atoms with E-state index in [2.05, 4.69) is 0 Å². The Labute approximate surface area is 172 Å². The Balaban J connectivity index is 1.65. The monoisotopic (exact) mass is 439 g/mol. The lowest BCUT2D eigenvalue weighted by Crippen LogP contribution is -2.38. The molecule has 0 fully saturated rings. The van der Waals surface area contributed by atoms with Crippen molar-refractivity contribution in [2.24, 2.45) is 0 Å². The molecule has 0 N–H and O–H groups in total. The number of ether oxygens (including phenoxy) is 1. The molecule has 0 spiro atoms. The number of aromatic nitrogens is 1. The highest BCUT2D eigenvalue weighted by atomic mass is 19.4. The van der Waals surface area contributed by atoms with Crippen LogP contribution < -0.4 is 10.5 Å². The summed E-state index contributed by atoms with van der Waals surface area (Å²) in [6.07, 6.45) is -3.10. The van der Waals surface area contributed by atoms with Crippen molar-refractivity contribution in [2.45, 2.75) is 25.6 Å². The number of rotatable bonds is 5. The average Bonchev–Trinajstić information content (AvgIpc) is 2.71. The van der Waals surface area contributed by atoms with Gasteiger partial charge in [0.25, 0.3) is 17.2 Å². The summed E-state index contributed by atoms with van der Waals surface area (Å²) in [6.45, 7) is -1.17. The second kappa shape index (κ2) is 8.58. The van der Waals surface area contributed by atoms with E-state index in [1.165, 1.54) is 23.1 Å². The molecule has 0 saturated heterocycles. The molecular formula is C19H16F3N3O6. The molecular weight excluding hydrogens is 423 g/mol. The van der Waals surface area contributed by atoms with Gasteiger partial charge in [0.1, 0.15) is 6.54 Å². The summed E-state index contributed by atoms with van der Waals surface area (Å²) in [5.41, 5.74) is -0.966. The first-order valence-electron chi connectivity index (χ1n) is 9.07. The number of carbonyl (C=O) groups excluding carboxylic acids is 2. The molecule has 1 aliphatic heterocycles. The number of alkyl halides is 3. The quantitative estimate of drug-likeness (QED) is 0.402. The highest BCUT2D eigenvalue weighted by molar-refractivity contribution is 5.96. The molecule has 0 unspecified atom stereocenters. The predicted molar refractivity (Wildman–Crippen MR) is 100 cm³/mol. The van der Waals surface area contributed by atoms with E-state index < -0.39 is 47.3 Å². The topological polar surface area (TPSA) is 112 Å². The number of anilines is 1. The van der Waals surface area contributed by atoms with Crippen LogP contribution in [0.2, 0.25) is 0 Å². The largest absolute Gasteiger partial charge is 0.454 e. The van der Waals surface area contributed by atoms with Gasteiger partial charge in [-0.05, 0) is 30.5 Å². The summed E-state index contributed by atoms with van der Waals surface area (Å²) in [7, 11) is 0. The number of fused-ring (bicyclic) bond motifs is 1. The Kier molecular flexibility index (Phi) is 6.09. The second-order valence-corrected chi connectivity index (χ2v) is 6.76. The van der Waals surface area contributed by atoms with Crippen LogP contribution in [0.4, 0.5) is 24.5 Å². The number of nitrogens with zero attached hydrogens (tertiary/aromatic N) is 3. The SMILES string of the molecule is O=C(Cn1cc(C(F)(F)F)ccc1=O)OCC(=O)N1CCCc2cc([N+](=O)[O-])ccc21. The van der Waals surface area contributed by atoms with Crippen LogP contribution in [0.15, 0.2) is 41.3 Å². The minimum absolute atomic E-state index is 0.106. The molecule has 0 saturated carbocycles. The van der Waals surface area contributed by atoms with E-state index in [0.717, 1.165) is 0 Å². The summed E-state index contributed by atoms with van der Waals surface area (Å²) in [5, 5.41) is 10.9. The van der Waals surface area contributed by atoms with Crippen molar-refractivity contribution in [3.8, 4) is 0 Å². The van der Waals surface area contributed by atoms with Gasteiger partial charge >= 0.3 is 12.1 Å². The van der Waals surface area contributed by atoms with Gasteiger partial charge in [0.05, 0.1) is 10.5 Å². The second-order valence-electron chi connectivity index (χ2n) is 6.76. The Hall–Kier alpha value is -3.70. The van der Waals surface area contributed by atoms with Crippen LogP contribution in [0.1, 0.15) is 17.5 Å². The molecule has 2 aromatic rings. The van der Waals surface area contributed by atoms with Gasteiger partial charge in [-0.25, -0.2) is 0 Å². The van der Waals surface area contributed by atoms with E-state index in [-0.39, 0.29) is 5.69 Å². The summed E-state index contributed by atoms with van der Waals surface area (Å²) < 4.78 is 43.7. The fraction of sp³-hybridized carbons (Fsp3) is 0.316. The molecule has 1 aromatic carbocycles. The standard InChI is InChI=1S/C19H16F3N3O6/c20-19(21,22)13-3-6-16(26)23(9-13)10-18(28)31-11-17(27)24-7-1-2-12-8-14(25(29)30)4-5-15(12)24/h3-6,8-9H,1-2,7,10-11H2. The van der Waals surface area contributed by atoms with Gasteiger partial charge in [0.15, 0.2) is 6.61 Å². The van der Waals surface area contributed by atoms with Crippen molar-refractivity contribution < 1.29 is 32.4 Å². The maximum absolute atomic E-state index is 12.8. The maximum atomic E-state index is 12.8. The van der Waals surface area contributed by atoms with Crippen LogP contribution >= 0.6 is 0 Å². The molecule has 0 radical (unpaired) electrons. The summed E-state index contributed by atoms with van der Waals surface area (Å²) in [4.78, 5) is 47.8. The average molecular weight is 439 g/mol. The molecule has 1 aromatic heterocycles. The number of halogens is 3. The smallest absolute Gasteiger partial charge is 0.417 e. The highest BCUT2D eigenvalue weighted by Gasteiger charge is 2.31. The number of benzene rings is 1. The number of nitro benzene ring substituents is 1. The molecule has 31 heavy (non-hydrogen) atoms. The van der Waals surface area contributed by atoms with E-state index >= 15 is 0 Å². The molecule has 1 aliphatic rings. The lowest BCUT2D eigenvalue weighted by Gasteiger charge is -2.29. The molecule has 12 heteroatoms. The number of non-ortho nitro benzene ring substituents is 1. The minimum atomic E-state index is -4.69. The number of hydrogen-bond acceptors (Lipinski definition) is 6. The van der Waals surface area contributed by atoms with Crippen molar-refractivity contribution in [1.29, 1.82) is 0 Å². The number of hydrogen-bond donors (Lipinski definition) is 0. The van der Waals surface area contributed by atoms with Crippen LogP contribution in [0.5, 0.6) is 0 Å². The number of aryl methyl sites for hydroxylation is 1. The van der Waals surface area contributed by atoms with E-state index in [9.17, 15) is 37.7 Å². The third-order valence-electron chi connectivity index (χ3n) is 4.66. The van der Waals surface area contributed by atoms with Crippen molar-refractivity contribution in [2.75, 3.05) is 18.1 Å². The zero-order valence-electron chi connectivity index (χ0n) is 15.9. The Morgan fingerprint density at radius 3 is 2.61 bits per heavy atom. The zero-order chi connectivity index (χ0) is 22.8. The first-order valence-corrected chi connectivity index (χ1v) is 9.07. The van der Waals surface area contributed by atoms with Gasteiger partial charge in [-0.2, -0.15) is 13.2 Å². The first kappa shape index (κ1) is 22.0. The Morgan fingerprint density at radius 2 is 1.94 bits per heavy atom. The Morgan fingerprint density at radius 1 is 1.19 bits per heavy atom. The van der Waals surface area contributed by atoms with Gasteiger partial charge in [0.2, 0.25) is 0 Å². The normalized spacial score (nSPS) is 13.5. The predicted octanol–water partition coefficient (Wildman–Crippen LogP) is 2.30. The zero-order valence-corrected chi connectivity index (χ0v) is 15.9. The molecule has 3 rings (SSSR count). The lowest BCUT2D eigenvalue weighted by molar-refractivity contribution is -0.384. The van der Waals surface area contributed by atoms with Crippen LogP contribution in [0.25, 0.3) is 0 Å². The maximum Gasteiger partial charge on any atom is 0.417 e. The third kappa shape index (κ3) is 5.08. The lowest BCUT2D eigenvalue weighted by atomic mass is 10.0. The van der Waals surface area contributed by atoms with E-state index in [1.54, 1.807) is 0 Å². The molecule has 2 heterocycles. The van der Waals surface area contributed by atoms with Crippen LogP contribution in [-0.4, -0.2) is 34.5 Å². The van der Waals surface area contributed by atoms with Gasteiger partial charge < -0.3 is 14.2 Å². The molecule has 0 aliphatic carbocycles. The van der Waals surface area contributed by atoms with Crippen LogP contribution in [0, 0.1) is 10.1 Å². The van der Waals surface area contributed by atoms with Crippen molar-refractivity contribution in [1.82, 2.24) is 4.57 Å². The summed E-state index contributed by atoms with van der Waals surface area (Å²) >= 11 is 0. The molecule has 9 nitrogen and oxygen atoms in total. The van der Waals surface area contributed by atoms with Crippen molar-refractivity contribution in [3.05, 3.63) is 68.1 Å². The number of carbonyl (C=O) groups is 2. The fourth-order valence-electron chi connectivity index (χ4n) is 3.18. The number of nitro groups is 1. The highest BCUT2D eigenvalue weighted by Crippen LogP contribution is 2.30. The van der Waals surface area contributed by atoms with Gasteiger partial charge in [-0.3, -0.25) is 24.5 Å². The third-order valence-corrected chi connectivity index (χ3v) is 4.66. The van der Waals surface area contributed by atoms with E-state index in [0.29, 0.717) is 53.5 Å². The summed E-state index contributed by atoms with van der Waals surface area (Å²) in [6, 6.07) is 5.36. The van der Waals surface area contributed by atoms with Gasteiger partial charge in [-0.1, -0.05) is 0 Å². The van der Waals surface area contributed by atoms with Gasteiger partial charge in [0, 0.05) is 36.6 Å². The molecule has 1 amide bonds. The van der Waals surface area contributed by atoms with Crippen LogP contribution in [-0.2, 0) is 33.5 Å². The van der Waals surface area contributed by atoms with Crippen molar-refractivity contribution in [3.63, 3.8) is 0 Å².